The van der Waals surface area contributed by atoms with Gasteiger partial charge in [-0.05, 0) is 42.9 Å². The smallest absolute Gasteiger partial charge is 0.261 e. The predicted octanol–water partition coefficient (Wildman–Crippen LogP) is 2.92. The lowest BCUT2D eigenvalue weighted by Crippen LogP contribution is -2.16. The van der Waals surface area contributed by atoms with E-state index in [1.54, 1.807) is 7.05 Å². The lowest BCUT2D eigenvalue weighted by molar-refractivity contribution is 0.102. The summed E-state index contributed by atoms with van der Waals surface area (Å²) in [5, 5.41) is 7.17. The van der Waals surface area contributed by atoms with Crippen LogP contribution in [0.4, 0.5) is 15.9 Å². The first kappa shape index (κ1) is 18.4. The molecule has 3 N–H and O–H groups in total. The highest BCUT2D eigenvalue weighted by atomic mass is 35.5. The number of benzene rings is 1. The van der Waals surface area contributed by atoms with Gasteiger partial charge in [-0.1, -0.05) is 11.6 Å². The third kappa shape index (κ3) is 3.36. The summed E-state index contributed by atoms with van der Waals surface area (Å²) >= 11 is 5.79. The SMILES string of the molecule is Cn1nc(C2CC3CS(=O)C[C@H]3C2)c(C(=O)Nc2ccc(F)c(Cl)c2)c1N. The van der Waals surface area contributed by atoms with E-state index in [4.69, 9.17) is 17.3 Å². The highest BCUT2D eigenvalue weighted by molar-refractivity contribution is 7.85. The summed E-state index contributed by atoms with van der Waals surface area (Å²) in [5.41, 5.74) is 7.54. The molecule has 1 aliphatic heterocycles. The third-order valence-corrected chi connectivity index (χ3v) is 7.44. The zero-order chi connectivity index (χ0) is 19.3. The summed E-state index contributed by atoms with van der Waals surface area (Å²) in [6.45, 7) is 0. The Bertz CT molecular complexity index is 932. The molecule has 3 unspecified atom stereocenters. The van der Waals surface area contributed by atoms with Gasteiger partial charge in [-0.2, -0.15) is 5.10 Å². The fraction of sp³-hybridized carbons (Fsp3) is 0.444. The molecule has 9 heteroatoms. The second kappa shape index (κ2) is 6.91. The number of fused-ring (bicyclic) bond motifs is 1. The summed E-state index contributed by atoms with van der Waals surface area (Å²) in [5.74, 6) is 1.79. The van der Waals surface area contributed by atoms with E-state index in [1.165, 1.54) is 22.9 Å². The van der Waals surface area contributed by atoms with E-state index in [0.29, 0.717) is 28.8 Å². The van der Waals surface area contributed by atoms with E-state index < -0.39 is 16.6 Å². The number of aromatic nitrogens is 2. The number of carbonyl (C=O) groups is 1. The molecule has 1 aliphatic carbocycles. The second-order valence-electron chi connectivity index (χ2n) is 7.31. The monoisotopic (exact) mass is 410 g/mol. The van der Waals surface area contributed by atoms with Crippen molar-refractivity contribution in [3.63, 3.8) is 0 Å². The lowest BCUT2D eigenvalue weighted by Gasteiger charge is -2.12. The molecule has 1 saturated heterocycles. The van der Waals surface area contributed by atoms with Crippen molar-refractivity contribution in [1.82, 2.24) is 9.78 Å². The number of nitrogens with two attached hydrogens (primary N) is 1. The van der Waals surface area contributed by atoms with Crippen molar-refractivity contribution >= 4 is 39.8 Å². The number of nitrogens with one attached hydrogen (secondary N) is 1. The molecule has 2 aliphatic rings. The van der Waals surface area contributed by atoms with Crippen molar-refractivity contribution in [1.29, 1.82) is 0 Å². The zero-order valence-corrected chi connectivity index (χ0v) is 16.3. The van der Waals surface area contributed by atoms with Gasteiger partial charge in [0.2, 0.25) is 0 Å². The molecule has 1 saturated carbocycles. The number of halogens is 2. The standard InChI is InChI=1S/C18H20ClFN4O2S/c1-24-17(21)15(18(25)22-12-2-3-14(20)13(19)6-12)16(23-24)9-4-10-7-27(26)8-11(10)5-9/h2-3,6,9-11H,4-5,7-8,21H2,1H3,(H,22,25)/t9?,10-,11?,27?/m1/s1. The molecule has 1 aromatic heterocycles. The molecule has 1 aromatic carbocycles. The van der Waals surface area contributed by atoms with Crippen LogP contribution in [-0.4, -0.2) is 31.4 Å². The number of carbonyl (C=O) groups excluding carboxylic acids is 1. The van der Waals surface area contributed by atoms with Crippen molar-refractivity contribution in [2.45, 2.75) is 18.8 Å². The summed E-state index contributed by atoms with van der Waals surface area (Å²) in [6, 6.07) is 4.00. The van der Waals surface area contributed by atoms with Crippen LogP contribution in [0.3, 0.4) is 0 Å². The first-order valence-electron chi connectivity index (χ1n) is 8.77. The third-order valence-electron chi connectivity index (χ3n) is 5.55. The maximum absolute atomic E-state index is 13.3. The van der Waals surface area contributed by atoms with Crippen molar-refractivity contribution in [2.75, 3.05) is 22.6 Å². The molecule has 2 heterocycles. The Kier molecular flexibility index (Phi) is 4.71. The fourth-order valence-electron chi connectivity index (χ4n) is 4.23. The van der Waals surface area contributed by atoms with Crippen LogP contribution in [0.5, 0.6) is 0 Å². The second-order valence-corrected chi connectivity index (χ2v) is 9.27. The highest BCUT2D eigenvalue weighted by Crippen LogP contribution is 2.47. The Morgan fingerprint density at radius 2 is 2.04 bits per heavy atom. The molecule has 2 fully saturated rings. The molecule has 1 amide bonds. The van der Waals surface area contributed by atoms with Gasteiger partial charge in [0.25, 0.3) is 5.91 Å². The number of anilines is 2. The fourth-order valence-corrected chi connectivity index (χ4v) is 6.32. The maximum atomic E-state index is 13.3. The van der Waals surface area contributed by atoms with Crippen LogP contribution >= 0.6 is 11.6 Å². The van der Waals surface area contributed by atoms with Crippen molar-refractivity contribution < 1.29 is 13.4 Å². The molecular weight excluding hydrogens is 391 g/mol. The molecule has 27 heavy (non-hydrogen) atoms. The van der Waals surface area contributed by atoms with E-state index >= 15 is 0 Å². The highest BCUT2D eigenvalue weighted by Gasteiger charge is 2.43. The van der Waals surface area contributed by atoms with Gasteiger partial charge in [-0.3, -0.25) is 13.7 Å². The zero-order valence-electron chi connectivity index (χ0n) is 14.7. The maximum Gasteiger partial charge on any atom is 0.261 e. The number of rotatable bonds is 3. The summed E-state index contributed by atoms with van der Waals surface area (Å²) < 4.78 is 26.6. The van der Waals surface area contributed by atoms with Crippen LogP contribution < -0.4 is 11.1 Å². The Hall–Kier alpha value is -1.93. The minimum Gasteiger partial charge on any atom is -0.383 e. The summed E-state index contributed by atoms with van der Waals surface area (Å²) in [4.78, 5) is 12.9. The Morgan fingerprint density at radius 1 is 1.37 bits per heavy atom. The van der Waals surface area contributed by atoms with Crippen LogP contribution in [0.2, 0.25) is 5.02 Å². The Balaban J connectivity index is 1.60. The first-order valence-corrected chi connectivity index (χ1v) is 10.6. The van der Waals surface area contributed by atoms with Crippen molar-refractivity contribution in [3.05, 3.63) is 40.3 Å². The molecule has 0 spiro atoms. The van der Waals surface area contributed by atoms with Crippen molar-refractivity contribution in [2.24, 2.45) is 18.9 Å². The van der Waals surface area contributed by atoms with Gasteiger partial charge in [0.05, 0.1) is 10.7 Å². The molecule has 4 rings (SSSR count). The molecule has 144 valence electrons. The lowest BCUT2D eigenvalue weighted by atomic mass is 9.98. The molecule has 4 atom stereocenters. The van der Waals surface area contributed by atoms with Crippen LogP contribution in [0.15, 0.2) is 18.2 Å². The number of hydrogen-bond acceptors (Lipinski definition) is 4. The number of amides is 1. The van der Waals surface area contributed by atoms with Gasteiger partial charge >= 0.3 is 0 Å². The van der Waals surface area contributed by atoms with Crippen LogP contribution in [-0.2, 0) is 17.8 Å². The first-order chi connectivity index (χ1) is 12.8. The van der Waals surface area contributed by atoms with Crippen LogP contribution in [0.25, 0.3) is 0 Å². The van der Waals surface area contributed by atoms with Gasteiger partial charge in [0.15, 0.2) is 0 Å². The number of aryl methyl sites for hydroxylation is 1. The van der Waals surface area contributed by atoms with Gasteiger partial charge in [0.1, 0.15) is 17.2 Å². The molecule has 2 aromatic rings. The molecule has 0 radical (unpaired) electrons. The topological polar surface area (TPSA) is 90.0 Å². The largest absolute Gasteiger partial charge is 0.383 e. The molecular formula is C18H20ClFN4O2S. The number of nitrogens with zero attached hydrogens (tertiary/aromatic N) is 2. The Labute approximate surface area is 163 Å². The van der Waals surface area contributed by atoms with Gasteiger partial charge in [0, 0.05) is 41.0 Å². The quantitative estimate of drug-likeness (QED) is 0.814. The van der Waals surface area contributed by atoms with Crippen molar-refractivity contribution in [3.8, 4) is 0 Å². The molecule has 0 bridgehead atoms. The van der Waals surface area contributed by atoms with E-state index in [-0.39, 0.29) is 22.7 Å². The number of hydrogen-bond donors (Lipinski definition) is 2. The average Bonchev–Trinajstić information content (AvgIpc) is 3.22. The molecule has 6 nitrogen and oxygen atoms in total. The predicted molar refractivity (Wildman–Crippen MR) is 104 cm³/mol. The summed E-state index contributed by atoms with van der Waals surface area (Å²) in [7, 11) is 0.984. The average molecular weight is 411 g/mol. The van der Waals surface area contributed by atoms with Gasteiger partial charge < -0.3 is 11.1 Å². The van der Waals surface area contributed by atoms with Crippen LogP contribution in [0.1, 0.15) is 34.8 Å². The minimum atomic E-state index is -0.720. The Morgan fingerprint density at radius 3 is 2.67 bits per heavy atom. The van der Waals surface area contributed by atoms with Gasteiger partial charge in [-0.25, -0.2) is 4.39 Å². The van der Waals surface area contributed by atoms with E-state index in [9.17, 15) is 13.4 Å². The summed E-state index contributed by atoms with van der Waals surface area (Å²) in [6.07, 6.45) is 1.74. The van der Waals surface area contributed by atoms with E-state index in [0.717, 1.165) is 24.3 Å². The van der Waals surface area contributed by atoms with E-state index in [2.05, 4.69) is 10.4 Å². The van der Waals surface area contributed by atoms with Gasteiger partial charge in [-0.15, -0.1) is 0 Å². The number of nitrogen functional groups attached to an aromatic ring is 1. The van der Waals surface area contributed by atoms with Crippen LogP contribution in [0, 0.1) is 17.7 Å². The minimum absolute atomic E-state index is 0.0659. The van der Waals surface area contributed by atoms with E-state index in [1.807, 2.05) is 0 Å². The normalized spacial score (nSPS) is 26.9.